The van der Waals surface area contributed by atoms with Crippen LogP contribution in [0.4, 0.5) is 0 Å². The van der Waals surface area contributed by atoms with Crippen molar-refractivity contribution in [2.45, 2.75) is 77.0 Å². The van der Waals surface area contributed by atoms with Crippen molar-refractivity contribution in [2.24, 2.45) is 0 Å². The SMILES string of the molecule is CC(=O)OC1CCCC(OC(C)=O)C12CCCCN2C(C)=O. The summed E-state index contributed by atoms with van der Waals surface area (Å²) >= 11 is 0. The monoisotopic (exact) mass is 311 g/mol. The maximum atomic E-state index is 12.2. The molecule has 124 valence electrons. The highest BCUT2D eigenvalue weighted by Crippen LogP contribution is 2.44. The van der Waals surface area contributed by atoms with E-state index in [0.717, 1.165) is 19.3 Å². The van der Waals surface area contributed by atoms with Crippen molar-refractivity contribution in [2.75, 3.05) is 6.54 Å². The van der Waals surface area contributed by atoms with Gasteiger partial charge in [0, 0.05) is 27.3 Å². The van der Waals surface area contributed by atoms with Gasteiger partial charge >= 0.3 is 11.9 Å². The van der Waals surface area contributed by atoms with Crippen molar-refractivity contribution in [3.8, 4) is 0 Å². The number of amides is 1. The first-order valence-corrected chi connectivity index (χ1v) is 8.00. The second-order valence-electron chi connectivity index (χ2n) is 6.25. The highest BCUT2D eigenvalue weighted by Gasteiger charge is 2.56. The van der Waals surface area contributed by atoms with Gasteiger partial charge in [-0.2, -0.15) is 0 Å². The Hall–Kier alpha value is -1.59. The first-order chi connectivity index (χ1) is 10.4. The summed E-state index contributed by atoms with van der Waals surface area (Å²) in [5, 5.41) is 0. The van der Waals surface area contributed by atoms with Gasteiger partial charge in [-0.05, 0) is 38.5 Å². The van der Waals surface area contributed by atoms with Gasteiger partial charge in [-0.3, -0.25) is 14.4 Å². The van der Waals surface area contributed by atoms with E-state index < -0.39 is 17.7 Å². The van der Waals surface area contributed by atoms with Crippen molar-refractivity contribution < 1.29 is 23.9 Å². The Bertz CT molecular complexity index is 437. The summed E-state index contributed by atoms with van der Waals surface area (Å²) < 4.78 is 11.1. The Balaban J connectivity index is 2.42. The number of nitrogens with zero attached hydrogens (tertiary/aromatic N) is 1. The molecule has 22 heavy (non-hydrogen) atoms. The number of ether oxygens (including phenoxy) is 2. The smallest absolute Gasteiger partial charge is 0.302 e. The minimum absolute atomic E-state index is 0.0593. The Morgan fingerprint density at radius 2 is 1.45 bits per heavy atom. The van der Waals surface area contributed by atoms with E-state index in [9.17, 15) is 14.4 Å². The molecule has 1 aliphatic carbocycles. The molecule has 2 aliphatic rings. The average Bonchev–Trinajstić information content (AvgIpc) is 2.43. The molecule has 2 fully saturated rings. The van der Waals surface area contributed by atoms with Crippen LogP contribution in [0.3, 0.4) is 0 Å². The average molecular weight is 311 g/mol. The molecule has 6 heteroatoms. The molecule has 0 radical (unpaired) electrons. The van der Waals surface area contributed by atoms with Gasteiger partial charge < -0.3 is 14.4 Å². The quantitative estimate of drug-likeness (QED) is 0.727. The van der Waals surface area contributed by atoms with Crippen molar-refractivity contribution in [3.05, 3.63) is 0 Å². The highest BCUT2D eigenvalue weighted by molar-refractivity contribution is 5.75. The molecular weight excluding hydrogens is 286 g/mol. The third-order valence-corrected chi connectivity index (χ3v) is 4.76. The standard InChI is InChI=1S/C16H25NO5/c1-11(18)17-10-5-4-9-16(17)14(21-12(2)19)7-6-8-15(16)22-13(3)20/h14-15H,4-10H2,1-3H3. The zero-order valence-electron chi connectivity index (χ0n) is 13.6. The minimum atomic E-state index is -0.709. The number of carbonyl (C=O) groups is 3. The Labute approximate surface area is 131 Å². The topological polar surface area (TPSA) is 72.9 Å². The largest absolute Gasteiger partial charge is 0.460 e. The number of likely N-dealkylation sites (tertiary alicyclic amines) is 1. The molecule has 0 aromatic heterocycles. The molecule has 2 atom stereocenters. The fraction of sp³-hybridized carbons (Fsp3) is 0.812. The normalized spacial score (nSPS) is 31.7. The van der Waals surface area contributed by atoms with E-state index in [2.05, 4.69) is 0 Å². The molecular formula is C16H25NO5. The second-order valence-corrected chi connectivity index (χ2v) is 6.25. The lowest BCUT2D eigenvalue weighted by Gasteiger charge is -2.55. The van der Waals surface area contributed by atoms with Crippen molar-refractivity contribution in [1.29, 1.82) is 0 Å². The molecule has 1 heterocycles. The summed E-state index contributed by atoms with van der Waals surface area (Å²) in [6.45, 7) is 4.90. The fourth-order valence-electron chi connectivity index (χ4n) is 4.06. The van der Waals surface area contributed by atoms with Crippen LogP contribution < -0.4 is 0 Å². The number of piperidine rings is 1. The molecule has 1 spiro atoms. The van der Waals surface area contributed by atoms with Crippen LogP contribution in [-0.2, 0) is 23.9 Å². The van der Waals surface area contributed by atoms with Gasteiger partial charge in [0.25, 0.3) is 0 Å². The van der Waals surface area contributed by atoms with E-state index in [4.69, 9.17) is 9.47 Å². The molecule has 0 bridgehead atoms. The first-order valence-electron chi connectivity index (χ1n) is 8.00. The van der Waals surface area contributed by atoms with Crippen LogP contribution in [0.5, 0.6) is 0 Å². The fourth-order valence-corrected chi connectivity index (χ4v) is 4.06. The Morgan fingerprint density at radius 1 is 0.909 bits per heavy atom. The first kappa shape index (κ1) is 16.8. The zero-order chi connectivity index (χ0) is 16.3. The third-order valence-electron chi connectivity index (χ3n) is 4.76. The molecule has 2 rings (SSSR count). The number of hydrogen-bond donors (Lipinski definition) is 0. The predicted octanol–water partition coefficient (Wildman–Crippen LogP) is 1.80. The van der Waals surface area contributed by atoms with Gasteiger partial charge in [-0.15, -0.1) is 0 Å². The predicted molar refractivity (Wildman–Crippen MR) is 78.9 cm³/mol. The lowest BCUT2D eigenvalue weighted by molar-refractivity contribution is -0.197. The summed E-state index contributed by atoms with van der Waals surface area (Å²) in [5.41, 5.74) is -0.709. The Kier molecular flexibility index (Phi) is 5.08. The van der Waals surface area contributed by atoms with E-state index in [1.807, 2.05) is 0 Å². The molecule has 1 saturated heterocycles. The minimum Gasteiger partial charge on any atom is -0.460 e. The lowest BCUT2D eigenvalue weighted by atomic mass is 9.70. The molecule has 1 amide bonds. The van der Waals surface area contributed by atoms with Crippen LogP contribution in [0.1, 0.15) is 59.3 Å². The van der Waals surface area contributed by atoms with Crippen molar-refractivity contribution >= 4 is 17.8 Å². The van der Waals surface area contributed by atoms with Gasteiger partial charge in [-0.25, -0.2) is 0 Å². The van der Waals surface area contributed by atoms with Crippen LogP contribution in [0.15, 0.2) is 0 Å². The summed E-state index contributed by atoms with van der Waals surface area (Å²) in [6.07, 6.45) is 3.92. The molecule has 1 aliphatic heterocycles. The van der Waals surface area contributed by atoms with E-state index in [0.29, 0.717) is 25.8 Å². The molecule has 0 aromatic carbocycles. The van der Waals surface area contributed by atoms with Crippen LogP contribution in [-0.4, -0.2) is 47.0 Å². The number of carbonyl (C=O) groups excluding carboxylic acids is 3. The van der Waals surface area contributed by atoms with Crippen LogP contribution in [0, 0.1) is 0 Å². The Morgan fingerprint density at radius 3 is 1.91 bits per heavy atom. The molecule has 0 aromatic rings. The summed E-state index contributed by atoms with van der Waals surface area (Å²) in [5.74, 6) is -0.778. The van der Waals surface area contributed by atoms with Gasteiger partial charge in [-0.1, -0.05) is 0 Å². The van der Waals surface area contributed by atoms with Gasteiger partial charge in [0.1, 0.15) is 17.7 Å². The third kappa shape index (κ3) is 3.10. The van der Waals surface area contributed by atoms with Gasteiger partial charge in [0.2, 0.25) is 5.91 Å². The van der Waals surface area contributed by atoms with Crippen LogP contribution >= 0.6 is 0 Å². The molecule has 1 saturated carbocycles. The van der Waals surface area contributed by atoms with Gasteiger partial charge in [0.05, 0.1) is 0 Å². The molecule has 2 unspecified atom stereocenters. The van der Waals surface area contributed by atoms with Gasteiger partial charge in [0.15, 0.2) is 0 Å². The molecule has 6 nitrogen and oxygen atoms in total. The van der Waals surface area contributed by atoms with E-state index in [-0.39, 0.29) is 17.8 Å². The second kappa shape index (κ2) is 6.67. The molecule has 0 N–H and O–H groups in total. The zero-order valence-corrected chi connectivity index (χ0v) is 13.6. The van der Waals surface area contributed by atoms with Crippen molar-refractivity contribution in [3.63, 3.8) is 0 Å². The van der Waals surface area contributed by atoms with Crippen LogP contribution in [0.25, 0.3) is 0 Å². The lowest BCUT2D eigenvalue weighted by Crippen LogP contribution is -2.69. The maximum Gasteiger partial charge on any atom is 0.302 e. The highest BCUT2D eigenvalue weighted by atomic mass is 16.6. The van der Waals surface area contributed by atoms with Crippen LogP contribution in [0.2, 0.25) is 0 Å². The number of rotatable bonds is 2. The summed E-state index contributed by atoms with van der Waals surface area (Å²) in [6, 6.07) is 0. The van der Waals surface area contributed by atoms with E-state index in [1.54, 1.807) is 4.90 Å². The summed E-state index contributed by atoms with van der Waals surface area (Å²) in [4.78, 5) is 37.0. The summed E-state index contributed by atoms with van der Waals surface area (Å²) in [7, 11) is 0. The van der Waals surface area contributed by atoms with E-state index in [1.165, 1.54) is 20.8 Å². The number of esters is 2. The number of hydrogen-bond acceptors (Lipinski definition) is 5. The van der Waals surface area contributed by atoms with Crippen molar-refractivity contribution in [1.82, 2.24) is 4.90 Å². The van der Waals surface area contributed by atoms with E-state index >= 15 is 0 Å². The maximum absolute atomic E-state index is 12.2.